The zero-order valence-corrected chi connectivity index (χ0v) is 8.05. The Morgan fingerprint density at radius 3 is 2.60 bits per heavy atom. The minimum absolute atomic E-state index is 0.0301. The van der Waals surface area contributed by atoms with Crippen LogP contribution in [0.3, 0.4) is 0 Å². The molecule has 0 aromatic heterocycles. The van der Waals surface area contributed by atoms with Crippen LogP contribution in [0.1, 0.15) is 16.8 Å². The van der Waals surface area contributed by atoms with E-state index in [9.17, 15) is 14.9 Å². The van der Waals surface area contributed by atoms with Crippen molar-refractivity contribution >= 4 is 17.7 Å². The van der Waals surface area contributed by atoms with E-state index in [0.717, 1.165) is 25.8 Å². The first kappa shape index (κ1) is 9.64. The Morgan fingerprint density at radius 1 is 1.40 bits per heavy atom. The molecule has 1 saturated heterocycles. The van der Waals surface area contributed by atoms with Crippen molar-refractivity contribution in [3.05, 3.63) is 33.9 Å². The summed E-state index contributed by atoms with van der Waals surface area (Å²) in [6, 6.07) is 4.31. The van der Waals surface area contributed by atoms with E-state index < -0.39 is 4.92 Å². The van der Waals surface area contributed by atoms with Gasteiger partial charge in [-0.1, -0.05) is 0 Å². The van der Waals surface area contributed by atoms with Gasteiger partial charge in [0.2, 0.25) is 0 Å². The summed E-state index contributed by atoms with van der Waals surface area (Å²) in [5, 5.41) is 10.6. The molecule has 2 rings (SSSR count). The Labute approximate surface area is 86.5 Å². The predicted molar refractivity (Wildman–Crippen MR) is 55.3 cm³/mol. The lowest BCUT2D eigenvalue weighted by Crippen LogP contribution is -2.37. The molecule has 5 nitrogen and oxygen atoms in total. The van der Waals surface area contributed by atoms with Gasteiger partial charge in [0.1, 0.15) is 0 Å². The van der Waals surface area contributed by atoms with E-state index in [1.807, 2.05) is 4.90 Å². The minimum Gasteiger partial charge on any atom is -0.371 e. The number of hydrogen-bond acceptors (Lipinski definition) is 4. The lowest BCUT2D eigenvalue weighted by atomic mass is 10.1. The fraction of sp³-hybridized carbons (Fsp3) is 0.300. The maximum atomic E-state index is 10.8. The highest BCUT2D eigenvalue weighted by molar-refractivity contribution is 5.86. The zero-order valence-electron chi connectivity index (χ0n) is 8.05. The predicted octanol–water partition coefficient (Wildman–Crippen LogP) is 1.62. The molecule has 0 aliphatic carbocycles. The van der Waals surface area contributed by atoms with Crippen molar-refractivity contribution in [3.8, 4) is 0 Å². The van der Waals surface area contributed by atoms with Gasteiger partial charge in [-0.3, -0.25) is 14.9 Å². The molecule has 1 aromatic rings. The highest BCUT2D eigenvalue weighted by atomic mass is 16.6. The zero-order chi connectivity index (χ0) is 10.8. The van der Waals surface area contributed by atoms with Gasteiger partial charge in [-0.05, 0) is 12.5 Å². The number of nitro benzene ring substituents is 1. The number of nitro groups is 1. The van der Waals surface area contributed by atoms with Crippen molar-refractivity contribution in [1.29, 1.82) is 0 Å². The molecule has 0 spiro atoms. The first-order valence-corrected chi connectivity index (χ1v) is 4.71. The molecule has 5 heteroatoms. The molecule has 1 aliphatic rings. The third-order valence-electron chi connectivity index (χ3n) is 2.55. The second-order valence-corrected chi connectivity index (χ2v) is 3.46. The average Bonchev–Trinajstić information content (AvgIpc) is 2.15. The largest absolute Gasteiger partial charge is 0.371 e. The third-order valence-corrected chi connectivity index (χ3v) is 2.55. The number of benzene rings is 1. The number of carbonyl (C=O) groups excluding carboxylic acids is 1. The fourth-order valence-electron chi connectivity index (χ4n) is 1.58. The first-order valence-electron chi connectivity index (χ1n) is 4.71. The number of rotatable bonds is 3. The molecule has 1 heterocycles. The van der Waals surface area contributed by atoms with Gasteiger partial charge in [0.05, 0.1) is 10.6 Å². The molecule has 0 amide bonds. The summed E-state index contributed by atoms with van der Waals surface area (Å²) in [7, 11) is 0. The third kappa shape index (κ3) is 1.68. The average molecular weight is 206 g/mol. The Morgan fingerprint density at radius 2 is 2.13 bits per heavy atom. The summed E-state index contributed by atoms with van der Waals surface area (Å²) in [5.74, 6) is 0. The molecule has 0 unspecified atom stereocenters. The maximum absolute atomic E-state index is 10.8. The summed E-state index contributed by atoms with van der Waals surface area (Å²) in [6.45, 7) is 1.73. The van der Waals surface area contributed by atoms with E-state index in [4.69, 9.17) is 0 Å². The number of non-ortho nitro benzene ring substituents is 1. The number of hydrogen-bond donors (Lipinski definition) is 0. The van der Waals surface area contributed by atoms with Crippen LogP contribution in [0.5, 0.6) is 0 Å². The number of nitrogens with zero attached hydrogens (tertiary/aromatic N) is 2. The van der Waals surface area contributed by atoms with Crippen molar-refractivity contribution in [2.45, 2.75) is 6.42 Å². The van der Waals surface area contributed by atoms with Gasteiger partial charge in [-0.15, -0.1) is 0 Å². The summed E-state index contributed by atoms with van der Waals surface area (Å²) in [6.07, 6.45) is 1.80. The number of anilines is 1. The van der Waals surface area contributed by atoms with Gasteiger partial charge in [-0.25, -0.2) is 0 Å². The molecule has 1 aromatic carbocycles. The molecule has 0 saturated carbocycles. The van der Waals surface area contributed by atoms with Gasteiger partial charge in [-0.2, -0.15) is 0 Å². The van der Waals surface area contributed by atoms with E-state index in [1.54, 1.807) is 0 Å². The van der Waals surface area contributed by atoms with Crippen LogP contribution in [0.25, 0.3) is 0 Å². The fourth-order valence-corrected chi connectivity index (χ4v) is 1.58. The normalized spacial score (nSPS) is 14.5. The Bertz CT molecular complexity index is 413. The summed E-state index contributed by atoms with van der Waals surface area (Å²) in [4.78, 5) is 22.9. The van der Waals surface area contributed by atoms with Gasteiger partial charge < -0.3 is 4.90 Å². The van der Waals surface area contributed by atoms with E-state index >= 15 is 0 Å². The topological polar surface area (TPSA) is 63.4 Å². The van der Waals surface area contributed by atoms with Crippen LogP contribution in [0.2, 0.25) is 0 Å². The molecule has 0 radical (unpaired) electrons. The second-order valence-electron chi connectivity index (χ2n) is 3.46. The van der Waals surface area contributed by atoms with E-state index in [-0.39, 0.29) is 5.69 Å². The van der Waals surface area contributed by atoms with Crippen LogP contribution in [0, 0.1) is 10.1 Å². The molecule has 1 fully saturated rings. The van der Waals surface area contributed by atoms with E-state index in [2.05, 4.69) is 0 Å². The molecular weight excluding hydrogens is 196 g/mol. The summed E-state index contributed by atoms with van der Waals surface area (Å²) >= 11 is 0. The lowest BCUT2D eigenvalue weighted by Gasteiger charge is -2.33. The number of aldehydes is 1. The number of carbonyl (C=O) groups is 1. The molecule has 0 atom stereocenters. The van der Waals surface area contributed by atoms with Crippen LogP contribution in [0.15, 0.2) is 18.2 Å². The highest BCUT2D eigenvalue weighted by Crippen LogP contribution is 2.28. The van der Waals surface area contributed by atoms with Crippen LogP contribution >= 0.6 is 0 Å². The smallest absolute Gasteiger partial charge is 0.271 e. The monoisotopic (exact) mass is 206 g/mol. The molecule has 78 valence electrons. The summed E-state index contributed by atoms with van der Waals surface area (Å²) in [5.41, 5.74) is 1.22. The van der Waals surface area contributed by atoms with E-state index in [1.165, 1.54) is 18.2 Å². The molecule has 15 heavy (non-hydrogen) atoms. The second kappa shape index (κ2) is 3.68. The van der Waals surface area contributed by atoms with Gasteiger partial charge in [0.25, 0.3) is 5.69 Å². The van der Waals surface area contributed by atoms with Gasteiger partial charge >= 0.3 is 0 Å². The van der Waals surface area contributed by atoms with Crippen molar-refractivity contribution in [2.75, 3.05) is 18.0 Å². The Hall–Kier alpha value is -1.91. The van der Waals surface area contributed by atoms with Gasteiger partial charge in [0, 0.05) is 30.8 Å². The van der Waals surface area contributed by atoms with Crippen LogP contribution in [-0.4, -0.2) is 24.3 Å². The molecule has 0 N–H and O–H groups in total. The van der Waals surface area contributed by atoms with E-state index in [0.29, 0.717) is 11.3 Å². The van der Waals surface area contributed by atoms with Crippen LogP contribution < -0.4 is 4.90 Å². The lowest BCUT2D eigenvalue weighted by molar-refractivity contribution is -0.384. The van der Waals surface area contributed by atoms with Crippen LogP contribution in [-0.2, 0) is 0 Å². The van der Waals surface area contributed by atoms with Crippen molar-refractivity contribution in [2.24, 2.45) is 0 Å². The van der Waals surface area contributed by atoms with Crippen molar-refractivity contribution in [1.82, 2.24) is 0 Å². The quantitative estimate of drug-likeness (QED) is 0.428. The Kier molecular flexibility index (Phi) is 2.37. The summed E-state index contributed by atoms with van der Waals surface area (Å²) < 4.78 is 0. The first-order chi connectivity index (χ1) is 7.22. The Balaban J connectivity index is 2.42. The maximum Gasteiger partial charge on any atom is 0.271 e. The molecule has 0 bridgehead atoms. The van der Waals surface area contributed by atoms with Gasteiger partial charge in [0.15, 0.2) is 6.29 Å². The SMILES string of the molecule is O=Cc1ccc([N+](=O)[O-])cc1N1CCC1. The van der Waals surface area contributed by atoms with Crippen LogP contribution in [0.4, 0.5) is 11.4 Å². The van der Waals surface area contributed by atoms with Crippen molar-refractivity contribution < 1.29 is 9.72 Å². The van der Waals surface area contributed by atoms with Crippen molar-refractivity contribution in [3.63, 3.8) is 0 Å². The minimum atomic E-state index is -0.447. The molecule has 1 aliphatic heterocycles. The standard InChI is InChI=1S/C10H10N2O3/c13-7-8-2-3-9(12(14)15)6-10(8)11-4-1-5-11/h2-3,6-7H,1,4-5H2. The molecular formula is C10H10N2O3. The highest BCUT2D eigenvalue weighted by Gasteiger charge is 2.20.